The molecule has 5 heteroatoms. The molecule has 0 saturated heterocycles. The maximum atomic E-state index is 4.47. The van der Waals surface area contributed by atoms with Crippen LogP contribution in [0, 0.1) is 6.92 Å². The number of rotatable bonds is 3. The van der Waals surface area contributed by atoms with Crippen LogP contribution in [0.15, 0.2) is 41.1 Å². The van der Waals surface area contributed by atoms with E-state index in [-0.39, 0.29) is 0 Å². The van der Waals surface area contributed by atoms with E-state index < -0.39 is 0 Å². The molecule has 0 radical (unpaired) electrons. The van der Waals surface area contributed by atoms with Crippen LogP contribution >= 0.6 is 15.9 Å². The minimum absolute atomic E-state index is 0.721. The van der Waals surface area contributed by atoms with E-state index in [9.17, 15) is 0 Å². The summed E-state index contributed by atoms with van der Waals surface area (Å²) < 4.78 is 2.84. The number of fused-ring (bicyclic) bond motifs is 1. The number of halogens is 1. The molecular formula is C15H15BrN4. The van der Waals surface area contributed by atoms with Crippen molar-refractivity contribution in [3.05, 3.63) is 52.4 Å². The number of benzene rings is 1. The molecule has 2 aromatic heterocycles. The van der Waals surface area contributed by atoms with Gasteiger partial charge in [-0.25, -0.2) is 4.98 Å². The van der Waals surface area contributed by atoms with Crippen molar-refractivity contribution < 1.29 is 0 Å². The lowest BCUT2D eigenvalue weighted by Crippen LogP contribution is -2.02. The van der Waals surface area contributed by atoms with Gasteiger partial charge >= 0.3 is 0 Å². The molecule has 0 amide bonds. The lowest BCUT2D eigenvalue weighted by molar-refractivity contribution is 0.756. The van der Waals surface area contributed by atoms with E-state index in [2.05, 4.69) is 43.5 Å². The zero-order valence-electron chi connectivity index (χ0n) is 11.4. The Morgan fingerprint density at radius 1 is 1.25 bits per heavy atom. The molecule has 1 aromatic carbocycles. The predicted octanol–water partition coefficient (Wildman–Crippen LogP) is 3.65. The third kappa shape index (κ3) is 2.41. The minimum atomic E-state index is 0.721. The van der Waals surface area contributed by atoms with Gasteiger partial charge in [-0.2, -0.15) is 5.10 Å². The first kappa shape index (κ1) is 13.1. The summed E-state index contributed by atoms with van der Waals surface area (Å²) in [5.41, 5.74) is 2.22. The summed E-state index contributed by atoms with van der Waals surface area (Å²) in [7, 11) is 1.93. The Morgan fingerprint density at radius 3 is 2.70 bits per heavy atom. The molecule has 3 aromatic rings. The second-order valence-corrected chi connectivity index (χ2v) is 5.62. The van der Waals surface area contributed by atoms with Gasteiger partial charge in [0.1, 0.15) is 5.82 Å². The van der Waals surface area contributed by atoms with Gasteiger partial charge in [-0.3, -0.25) is 4.68 Å². The predicted molar refractivity (Wildman–Crippen MR) is 84.7 cm³/mol. The largest absolute Gasteiger partial charge is 0.365 e. The molecule has 0 aliphatic rings. The molecule has 0 aliphatic heterocycles. The van der Waals surface area contributed by atoms with Gasteiger partial charge in [0.25, 0.3) is 0 Å². The number of hydrogen-bond acceptors (Lipinski definition) is 3. The molecule has 0 saturated carbocycles. The van der Waals surface area contributed by atoms with Crippen LogP contribution in [0.5, 0.6) is 0 Å². The summed E-state index contributed by atoms with van der Waals surface area (Å²) in [5.74, 6) is 0.895. The van der Waals surface area contributed by atoms with Crippen molar-refractivity contribution >= 4 is 32.5 Å². The molecule has 2 heterocycles. The van der Waals surface area contributed by atoms with E-state index in [1.807, 2.05) is 43.2 Å². The Bertz CT molecular complexity index is 764. The normalized spacial score (nSPS) is 10.9. The third-order valence-electron chi connectivity index (χ3n) is 3.31. The molecule has 0 bridgehead atoms. The summed E-state index contributed by atoms with van der Waals surface area (Å²) in [5, 5.41) is 10.0. The Kier molecular flexibility index (Phi) is 3.44. The van der Waals surface area contributed by atoms with Gasteiger partial charge < -0.3 is 5.32 Å². The first-order valence-corrected chi connectivity index (χ1v) is 7.20. The summed E-state index contributed by atoms with van der Waals surface area (Å²) >= 11 is 3.54. The second-order valence-electron chi connectivity index (χ2n) is 4.77. The lowest BCUT2D eigenvalue weighted by atomic mass is 10.1. The molecule has 1 N–H and O–H groups in total. The number of pyridine rings is 1. The summed E-state index contributed by atoms with van der Waals surface area (Å²) in [6.45, 7) is 2.74. The average Bonchev–Trinajstić information content (AvgIpc) is 2.77. The quantitative estimate of drug-likeness (QED) is 0.797. The molecule has 0 unspecified atom stereocenters. The lowest BCUT2D eigenvalue weighted by Gasteiger charge is -2.09. The van der Waals surface area contributed by atoms with Crippen LogP contribution < -0.4 is 5.32 Å². The van der Waals surface area contributed by atoms with Crippen LogP contribution in [0.25, 0.3) is 10.8 Å². The van der Waals surface area contributed by atoms with Gasteiger partial charge in [-0.1, -0.05) is 24.3 Å². The number of nitrogens with zero attached hydrogens (tertiary/aromatic N) is 3. The van der Waals surface area contributed by atoms with Crippen LogP contribution in [-0.2, 0) is 13.6 Å². The van der Waals surface area contributed by atoms with Crippen molar-refractivity contribution in [2.24, 2.45) is 7.05 Å². The van der Waals surface area contributed by atoms with Crippen LogP contribution in [0.2, 0.25) is 0 Å². The smallest absolute Gasteiger partial charge is 0.134 e. The van der Waals surface area contributed by atoms with E-state index in [1.54, 1.807) is 0 Å². The fourth-order valence-electron chi connectivity index (χ4n) is 2.30. The Hall–Kier alpha value is -1.88. The summed E-state index contributed by atoms with van der Waals surface area (Å²) in [6, 6.07) is 8.21. The first-order valence-electron chi connectivity index (χ1n) is 6.41. The Morgan fingerprint density at radius 2 is 2.00 bits per heavy atom. The zero-order valence-corrected chi connectivity index (χ0v) is 13.0. The van der Waals surface area contributed by atoms with Crippen molar-refractivity contribution in [2.45, 2.75) is 13.5 Å². The monoisotopic (exact) mass is 330 g/mol. The van der Waals surface area contributed by atoms with Crippen molar-refractivity contribution in [3.63, 3.8) is 0 Å². The molecule has 102 valence electrons. The molecule has 0 spiro atoms. The SMILES string of the molecule is Cc1nn(C)cc1CNc1ncc(Br)c2ccccc12. The van der Waals surface area contributed by atoms with Gasteiger partial charge in [-0.05, 0) is 22.9 Å². The van der Waals surface area contributed by atoms with Crippen LogP contribution in [-0.4, -0.2) is 14.8 Å². The van der Waals surface area contributed by atoms with Crippen LogP contribution in [0.1, 0.15) is 11.3 Å². The summed E-state index contributed by atoms with van der Waals surface area (Å²) in [6.07, 6.45) is 3.87. The highest BCUT2D eigenvalue weighted by Crippen LogP contribution is 2.28. The number of hydrogen-bond donors (Lipinski definition) is 1. The molecular weight excluding hydrogens is 316 g/mol. The number of aryl methyl sites for hydroxylation is 2. The molecule has 3 rings (SSSR count). The maximum absolute atomic E-state index is 4.47. The minimum Gasteiger partial charge on any atom is -0.365 e. The van der Waals surface area contributed by atoms with E-state index in [0.717, 1.165) is 33.3 Å². The fraction of sp³-hybridized carbons (Fsp3) is 0.200. The van der Waals surface area contributed by atoms with Crippen LogP contribution in [0.3, 0.4) is 0 Å². The van der Waals surface area contributed by atoms with Crippen molar-refractivity contribution in [3.8, 4) is 0 Å². The fourth-order valence-corrected chi connectivity index (χ4v) is 2.75. The molecule has 20 heavy (non-hydrogen) atoms. The van der Waals surface area contributed by atoms with Gasteiger partial charge in [0.05, 0.1) is 5.69 Å². The van der Waals surface area contributed by atoms with E-state index in [1.165, 1.54) is 5.56 Å². The van der Waals surface area contributed by atoms with Gasteiger partial charge in [0, 0.05) is 46.8 Å². The number of aromatic nitrogens is 3. The van der Waals surface area contributed by atoms with Crippen molar-refractivity contribution in [2.75, 3.05) is 5.32 Å². The highest BCUT2D eigenvalue weighted by Gasteiger charge is 2.07. The Labute approximate surface area is 126 Å². The van der Waals surface area contributed by atoms with Gasteiger partial charge in [0.2, 0.25) is 0 Å². The first-order chi connectivity index (χ1) is 9.65. The van der Waals surface area contributed by atoms with E-state index in [4.69, 9.17) is 0 Å². The average molecular weight is 331 g/mol. The van der Waals surface area contributed by atoms with Gasteiger partial charge in [0.15, 0.2) is 0 Å². The van der Waals surface area contributed by atoms with Crippen molar-refractivity contribution in [1.82, 2.24) is 14.8 Å². The zero-order chi connectivity index (χ0) is 14.1. The number of nitrogens with one attached hydrogen (secondary N) is 1. The number of anilines is 1. The molecule has 4 nitrogen and oxygen atoms in total. The van der Waals surface area contributed by atoms with E-state index in [0.29, 0.717) is 0 Å². The molecule has 0 aliphatic carbocycles. The van der Waals surface area contributed by atoms with Crippen molar-refractivity contribution in [1.29, 1.82) is 0 Å². The highest BCUT2D eigenvalue weighted by atomic mass is 79.9. The van der Waals surface area contributed by atoms with Gasteiger partial charge in [-0.15, -0.1) is 0 Å². The standard InChI is InChI=1S/C15H15BrN4/c1-10-11(9-20(2)19-10)7-17-15-13-6-4-3-5-12(13)14(16)8-18-15/h3-6,8-9H,7H2,1-2H3,(H,17,18). The molecule has 0 fully saturated rings. The van der Waals surface area contributed by atoms with Crippen LogP contribution in [0.4, 0.5) is 5.82 Å². The second kappa shape index (κ2) is 5.25. The van der Waals surface area contributed by atoms with E-state index >= 15 is 0 Å². The summed E-state index contributed by atoms with van der Waals surface area (Å²) in [4.78, 5) is 4.47. The topological polar surface area (TPSA) is 42.7 Å². The maximum Gasteiger partial charge on any atom is 0.134 e. The molecule has 0 atom stereocenters. The third-order valence-corrected chi connectivity index (χ3v) is 3.94. The Balaban J connectivity index is 1.92. The highest BCUT2D eigenvalue weighted by molar-refractivity contribution is 9.10.